The van der Waals surface area contributed by atoms with Gasteiger partial charge in [-0.25, -0.2) is 0 Å². The molecule has 0 aliphatic carbocycles. The van der Waals surface area contributed by atoms with Crippen molar-refractivity contribution in [2.24, 2.45) is 0 Å². The van der Waals surface area contributed by atoms with Crippen molar-refractivity contribution in [1.82, 2.24) is 0 Å². The first kappa shape index (κ1) is 16.5. The van der Waals surface area contributed by atoms with E-state index in [0.29, 0.717) is 0 Å². The van der Waals surface area contributed by atoms with E-state index in [9.17, 15) is 0 Å². The van der Waals surface area contributed by atoms with Gasteiger partial charge in [-0.3, -0.25) is 0 Å². The Labute approximate surface area is 165 Å². The fraction of sp³-hybridized carbons (Fsp3) is 0. The van der Waals surface area contributed by atoms with E-state index in [-0.39, 0.29) is 0 Å². The first-order valence-corrected chi connectivity index (χ1v) is 9.53. The second kappa shape index (κ2) is 6.51. The van der Waals surface area contributed by atoms with Crippen LogP contribution in [0.3, 0.4) is 0 Å². The third-order valence-corrected chi connectivity index (χ3v) is 5.59. The highest BCUT2D eigenvalue weighted by atomic mass is 14.2. The molecular formula is C28H20. The van der Waals surface area contributed by atoms with Crippen molar-refractivity contribution in [3.05, 3.63) is 109 Å². The summed E-state index contributed by atoms with van der Waals surface area (Å²) in [6.07, 6.45) is 3.92. The molecule has 5 aromatic rings. The van der Waals surface area contributed by atoms with E-state index in [2.05, 4.69) is 98.1 Å². The topological polar surface area (TPSA) is 0 Å². The fourth-order valence-electron chi connectivity index (χ4n) is 4.29. The molecule has 5 aromatic carbocycles. The van der Waals surface area contributed by atoms with Crippen molar-refractivity contribution in [2.75, 3.05) is 0 Å². The summed E-state index contributed by atoms with van der Waals surface area (Å²) < 4.78 is 0. The van der Waals surface area contributed by atoms with Crippen LogP contribution in [0.1, 0.15) is 11.1 Å². The number of hydrogen-bond acceptors (Lipinski definition) is 0. The summed E-state index contributed by atoms with van der Waals surface area (Å²) in [5.74, 6) is 0. The van der Waals surface area contributed by atoms with Crippen molar-refractivity contribution in [2.45, 2.75) is 0 Å². The summed E-state index contributed by atoms with van der Waals surface area (Å²) in [5.41, 5.74) is 4.74. The Morgan fingerprint density at radius 3 is 1.68 bits per heavy atom. The van der Waals surface area contributed by atoms with Gasteiger partial charge in [-0.1, -0.05) is 110 Å². The van der Waals surface area contributed by atoms with Crippen molar-refractivity contribution in [3.63, 3.8) is 0 Å². The van der Waals surface area contributed by atoms with E-state index in [1.54, 1.807) is 0 Å². The summed E-state index contributed by atoms with van der Waals surface area (Å²) in [5, 5.41) is 7.50. The van der Waals surface area contributed by atoms with Gasteiger partial charge in [0, 0.05) is 0 Å². The van der Waals surface area contributed by atoms with E-state index in [4.69, 9.17) is 0 Å². The highest BCUT2D eigenvalue weighted by molar-refractivity contribution is 6.19. The predicted molar refractivity (Wildman–Crippen MR) is 125 cm³/mol. The minimum Gasteiger partial charge on any atom is -0.0984 e. The third-order valence-electron chi connectivity index (χ3n) is 5.59. The molecule has 0 N–H and O–H groups in total. The summed E-state index contributed by atoms with van der Waals surface area (Å²) in [6, 6.07) is 30.3. The highest BCUT2D eigenvalue weighted by Crippen LogP contribution is 2.42. The highest BCUT2D eigenvalue weighted by Gasteiger charge is 2.16. The van der Waals surface area contributed by atoms with Crippen molar-refractivity contribution in [3.8, 4) is 11.1 Å². The average molecular weight is 356 g/mol. The molecule has 0 aliphatic heterocycles. The molecule has 0 amide bonds. The Balaban J connectivity index is 2.08. The van der Waals surface area contributed by atoms with Crippen LogP contribution in [-0.4, -0.2) is 0 Å². The fourth-order valence-corrected chi connectivity index (χ4v) is 4.29. The van der Waals surface area contributed by atoms with Crippen LogP contribution in [0.5, 0.6) is 0 Å². The first-order chi connectivity index (χ1) is 13.8. The average Bonchev–Trinajstić information content (AvgIpc) is 2.77. The minimum absolute atomic E-state index is 1.14. The molecule has 0 nitrogen and oxygen atoms in total. The zero-order valence-electron chi connectivity index (χ0n) is 15.7. The molecule has 0 saturated carbocycles. The van der Waals surface area contributed by atoms with Crippen LogP contribution >= 0.6 is 0 Å². The monoisotopic (exact) mass is 356 g/mol. The van der Waals surface area contributed by atoms with Crippen LogP contribution in [0.2, 0.25) is 0 Å². The van der Waals surface area contributed by atoms with E-state index in [1.165, 1.54) is 43.4 Å². The number of benzene rings is 5. The second-order valence-electron chi connectivity index (χ2n) is 7.07. The zero-order valence-corrected chi connectivity index (χ0v) is 15.7. The van der Waals surface area contributed by atoms with Gasteiger partial charge in [-0.05, 0) is 54.6 Å². The molecule has 0 aliphatic rings. The van der Waals surface area contributed by atoms with Crippen LogP contribution < -0.4 is 0 Å². The van der Waals surface area contributed by atoms with Crippen molar-refractivity contribution < 1.29 is 0 Å². The molecule has 132 valence electrons. The molecule has 0 unspecified atom stereocenters. The lowest BCUT2D eigenvalue weighted by Crippen LogP contribution is -1.92. The lowest BCUT2D eigenvalue weighted by atomic mass is 9.85. The number of rotatable bonds is 3. The largest absolute Gasteiger partial charge is 0.0984 e. The summed E-state index contributed by atoms with van der Waals surface area (Å²) in [6.45, 7) is 8.21. The standard InChI is InChI=1S/C28H20/c1-3-19-13-15-21-9-5-7-11-24(21)26(19)28-20(4-2)14-17-23-18-16-22-10-6-8-12-25(22)27(23)28/h3-18H,1-2H2. The van der Waals surface area contributed by atoms with Gasteiger partial charge in [0.05, 0.1) is 0 Å². The van der Waals surface area contributed by atoms with Crippen LogP contribution in [-0.2, 0) is 0 Å². The SMILES string of the molecule is C=Cc1ccc2ccccc2c1-c1c(C=C)ccc2ccc3ccccc3c12. The quantitative estimate of drug-likeness (QED) is 0.286. The molecule has 0 fully saturated rings. The van der Waals surface area contributed by atoms with E-state index in [1.807, 2.05) is 12.2 Å². The van der Waals surface area contributed by atoms with Crippen molar-refractivity contribution >= 4 is 44.5 Å². The van der Waals surface area contributed by atoms with E-state index >= 15 is 0 Å². The van der Waals surface area contributed by atoms with Gasteiger partial charge < -0.3 is 0 Å². The third kappa shape index (κ3) is 2.39. The molecule has 0 spiro atoms. The molecule has 0 heterocycles. The minimum atomic E-state index is 1.14. The van der Waals surface area contributed by atoms with Gasteiger partial charge in [-0.2, -0.15) is 0 Å². The van der Waals surface area contributed by atoms with Gasteiger partial charge in [0.25, 0.3) is 0 Å². The molecule has 0 atom stereocenters. The Bertz CT molecular complexity index is 1390. The molecular weight excluding hydrogens is 336 g/mol. The number of hydrogen-bond donors (Lipinski definition) is 0. The summed E-state index contributed by atoms with van der Waals surface area (Å²) >= 11 is 0. The van der Waals surface area contributed by atoms with Gasteiger partial charge in [-0.15, -0.1) is 0 Å². The van der Waals surface area contributed by atoms with Crippen LogP contribution in [0.25, 0.3) is 55.6 Å². The maximum Gasteiger partial charge on any atom is -0.00145 e. The molecule has 0 bridgehead atoms. The zero-order chi connectivity index (χ0) is 19.1. The van der Waals surface area contributed by atoms with E-state index < -0.39 is 0 Å². The summed E-state index contributed by atoms with van der Waals surface area (Å²) in [7, 11) is 0. The normalized spacial score (nSPS) is 11.1. The van der Waals surface area contributed by atoms with Crippen LogP contribution in [0, 0.1) is 0 Å². The molecule has 5 rings (SSSR count). The predicted octanol–water partition coefficient (Wildman–Crippen LogP) is 8.10. The molecule has 0 radical (unpaired) electrons. The Kier molecular flexibility index (Phi) is 3.84. The van der Waals surface area contributed by atoms with Crippen LogP contribution in [0.4, 0.5) is 0 Å². The maximum atomic E-state index is 4.11. The van der Waals surface area contributed by atoms with Gasteiger partial charge >= 0.3 is 0 Å². The van der Waals surface area contributed by atoms with Gasteiger partial charge in [0.1, 0.15) is 0 Å². The summed E-state index contributed by atoms with van der Waals surface area (Å²) in [4.78, 5) is 0. The lowest BCUT2D eigenvalue weighted by molar-refractivity contribution is 1.64. The Morgan fingerprint density at radius 1 is 0.464 bits per heavy atom. The molecule has 0 aromatic heterocycles. The van der Waals surface area contributed by atoms with Gasteiger partial charge in [0.15, 0.2) is 0 Å². The Morgan fingerprint density at radius 2 is 0.964 bits per heavy atom. The molecule has 28 heavy (non-hydrogen) atoms. The maximum absolute atomic E-state index is 4.11. The van der Waals surface area contributed by atoms with Crippen molar-refractivity contribution in [1.29, 1.82) is 0 Å². The Hall–Kier alpha value is -3.64. The smallest absolute Gasteiger partial charge is 0.00145 e. The lowest BCUT2D eigenvalue weighted by Gasteiger charge is -2.18. The van der Waals surface area contributed by atoms with Gasteiger partial charge in [0.2, 0.25) is 0 Å². The van der Waals surface area contributed by atoms with E-state index in [0.717, 1.165) is 11.1 Å². The van der Waals surface area contributed by atoms with Crippen LogP contribution in [0.15, 0.2) is 98.1 Å². The first-order valence-electron chi connectivity index (χ1n) is 9.53. The molecule has 0 heteroatoms. The molecule has 0 saturated heterocycles. The number of fused-ring (bicyclic) bond motifs is 4. The second-order valence-corrected chi connectivity index (χ2v) is 7.07.